The van der Waals surface area contributed by atoms with E-state index in [0.717, 1.165) is 28.8 Å². The Balaban J connectivity index is 2.07. The largest absolute Gasteiger partial charge is 0.399 e. The third kappa shape index (κ3) is 2.79. The van der Waals surface area contributed by atoms with Crippen LogP contribution in [0, 0.1) is 0 Å². The second-order valence-corrected chi connectivity index (χ2v) is 5.22. The quantitative estimate of drug-likeness (QED) is 0.726. The minimum absolute atomic E-state index is 0.206. The molecule has 2 aromatic carbocycles. The Kier molecular flexibility index (Phi) is 3.78. The lowest BCUT2D eigenvalue weighted by Gasteiger charge is -2.12. The molecule has 0 aliphatic rings. The van der Waals surface area contributed by atoms with E-state index in [1.54, 1.807) is 0 Å². The molecular weight excluding hydrogens is 276 g/mol. The molecular formula is C17H18N4O. The van der Waals surface area contributed by atoms with Crippen LogP contribution in [0.2, 0.25) is 0 Å². The number of aromatic nitrogens is 3. The van der Waals surface area contributed by atoms with Gasteiger partial charge in [-0.05, 0) is 40.8 Å². The smallest absolute Gasteiger partial charge is 0.343 e. The van der Waals surface area contributed by atoms with Crippen molar-refractivity contribution in [3.63, 3.8) is 0 Å². The van der Waals surface area contributed by atoms with Gasteiger partial charge in [-0.1, -0.05) is 37.3 Å². The highest BCUT2D eigenvalue weighted by Crippen LogP contribution is 2.26. The van der Waals surface area contributed by atoms with Gasteiger partial charge in [-0.15, -0.1) is 0 Å². The number of hydrogen-bond acceptors (Lipinski definition) is 3. The maximum Gasteiger partial charge on any atom is 0.343 e. The Hall–Kier alpha value is -2.82. The number of aryl methyl sites for hydroxylation is 1. The van der Waals surface area contributed by atoms with E-state index in [1.807, 2.05) is 24.3 Å². The number of nitrogen functional groups attached to an aromatic ring is 1. The number of hydrogen-bond donors (Lipinski definition) is 2. The third-order valence-electron chi connectivity index (χ3n) is 3.74. The summed E-state index contributed by atoms with van der Waals surface area (Å²) < 4.78 is 1.42. The monoisotopic (exact) mass is 294 g/mol. The van der Waals surface area contributed by atoms with Gasteiger partial charge in [0.1, 0.15) is 6.33 Å². The van der Waals surface area contributed by atoms with Gasteiger partial charge in [0, 0.05) is 5.69 Å². The Morgan fingerprint density at radius 1 is 1.18 bits per heavy atom. The van der Waals surface area contributed by atoms with Gasteiger partial charge in [-0.3, -0.25) is 4.98 Å². The maximum atomic E-state index is 11.7. The van der Waals surface area contributed by atoms with Crippen LogP contribution in [0.15, 0.2) is 53.6 Å². The van der Waals surface area contributed by atoms with Crippen LogP contribution in [-0.4, -0.2) is 14.8 Å². The van der Waals surface area contributed by atoms with Crippen molar-refractivity contribution >= 4 is 5.69 Å². The lowest BCUT2D eigenvalue weighted by molar-refractivity contribution is 0.659. The Morgan fingerprint density at radius 3 is 2.59 bits per heavy atom. The van der Waals surface area contributed by atoms with Gasteiger partial charge in [0.05, 0.1) is 6.54 Å². The molecule has 0 spiro atoms. The van der Waals surface area contributed by atoms with Gasteiger partial charge in [-0.2, -0.15) is 5.10 Å². The second kappa shape index (κ2) is 5.89. The van der Waals surface area contributed by atoms with Gasteiger partial charge in [0.2, 0.25) is 0 Å². The van der Waals surface area contributed by atoms with Crippen LogP contribution in [-0.2, 0) is 13.0 Å². The molecule has 0 bridgehead atoms. The average molecular weight is 294 g/mol. The summed E-state index contributed by atoms with van der Waals surface area (Å²) in [7, 11) is 0. The average Bonchev–Trinajstić information content (AvgIpc) is 2.94. The predicted octanol–water partition coefficient (Wildman–Crippen LogP) is 2.43. The van der Waals surface area contributed by atoms with Crippen LogP contribution in [0.5, 0.6) is 0 Å². The van der Waals surface area contributed by atoms with Gasteiger partial charge in [-0.25, -0.2) is 9.48 Å². The SMILES string of the molecule is CCc1ccc(Cn2nc[nH]c2=O)c(-c2ccc(N)cc2)c1. The topological polar surface area (TPSA) is 76.7 Å². The Labute approximate surface area is 128 Å². The minimum Gasteiger partial charge on any atom is -0.399 e. The molecule has 1 aromatic heterocycles. The summed E-state index contributed by atoms with van der Waals surface area (Å²) in [4.78, 5) is 14.2. The first-order chi connectivity index (χ1) is 10.7. The molecule has 3 rings (SSSR count). The van der Waals surface area contributed by atoms with Crippen molar-refractivity contribution in [3.8, 4) is 11.1 Å². The minimum atomic E-state index is -0.206. The van der Waals surface area contributed by atoms with Crippen molar-refractivity contribution in [2.45, 2.75) is 19.9 Å². The standard InChI is InChI=1S/C17H18N4O/c1-2-12-3-4-14(10-21-17(22)19-11-20-21)16(9-12)13-5-7-15(18)8-6-13/h3-9,11H,2,10,18H2,1H3,(H,19,20,22). The van der Waals surface area contributed by atoms with Gasteiger partial charge < -0.3 is 5.73 Å². The van der Waals surface area contributed by atoms with Crippen LogP contribution in [0.4, 0.5) is 5.69 Å². The second-order valence-electron chi connectivity index (χ2n) is 5.22. The number of H-pyrrole nitrogens is 1. The fraction of sp³-hybridized carbons (Fsp3) is 0.176. The first-order valence-electron chi connectivity index (χ1n) is 7.25. The normalized spacial score (nSPS) is 10.8. The summed E-state index contributed by atoms with van der Waals surface area (Å²) in [5, 5.41) is 4.03. The molecule has 0 aliphatic carbocycles. The molecule has 3 N–H and O–H groups in total. The number of anilines is 1. The molecule has 3 aromatic rings. The summed E-state index contributed by atoms with van der Waals surface area (Å²) in [5.74, 6) is 0. The lowest BCUT2D eigenvalue weighted by atomic mass is 9.96. The van der Waals surface area contributed by atoms with E-state index < -0.39 is 0 Å². The first kappa shape index (κ1) is 14.1. The van der Waals surface area contributed by atoms with Crippen molar-refractivity contribution in [2.24, 2.45) is 0 Å². The van der Waals surface area contributed by atoms with Gasteiger partial charge in [0.25, 0.3) is 0 Å². The van der Waals surface area contributed by atoms with Crippen molar-refractivity contribution < 1.29 is 0 Å². The van der Waals surface area contributed by atoms with E-state index in [9.17, 15) is 4.79 Å². The summed E-state index contributed by atoms with van der Waals surface area (Å²) in [6, 6.07) is 14.1. The van der Waals surface area contributed by atoms with Crippen molar-refractivity contribution in [2.75, 3.05) is 5.73 Å². The molecule has 0 saturated carbocycles. The summed E-state index contributed by atoms with van der Waals surface area (Å²) in [6.07, 6.45) is 2.37. The van der Waals surface area contributed by atoms with Crippen molar-refractivity contribution in [1.29, 1.82) is 0 Å². The van der Waals surface area contributed by atoms with E-state index >= 15 is 0 Å². The highest BCUT2D eigenvalue weighted by atomic mass is 16.1. The van der Waals surface area contributed by atoms with E-state index in [-0.39, 0.29) is 5.69 Å². The summed E-state index contributed by atoms with van der Waals surface area (Å²) in [6.45, 7) is 2.56. The molecule has 0 aliphatic heterocycles. The Bertz CT molecular complexity index is 830. The van der Waals surface area contributed by atoms with Crippen LogP contribution in [0.3, 0.4) is 0 Å². The van der Waals surface area contributed by atoms with Crippen molar-refractivity contribution in [1.82, 2.24) is 14.8 Å². The highest BCUT2D eigenvalue weighted by molar-refractivity contribution is 5.69. The number of nitrogens with zero attached hydrogens (tertiary/aromatic N) is 2. The molecule has 22 heavy (non-hydrogen) atoms. The first-order valence-corrected chi connectivity index (χ1v) is 7.25. The van der Waals surface area contributed by atoms with Crippen LogP contribution in [0.1, 0.15) is 18.1 Å². The van der Waals surface area contributed by atoms with Gasteiger partial charge >= 0.3 is 5.69 Å². The van der Waals surface area contributed by atoms with E-state index in [0.29, 0.717) is 6.54 Å². The molecule has 0 radical (unpaired) electrons. The highest BCUT2D eigenvalue weighted by Gasteiger charge is 2.09. The molecule has 0 fully saturated rings. The molecule has 112 valence electrons. The molecule has 5 nitrogen and oxygen atoms in total. The summed E-state index contributed by atoms with van der Waals surface area (Å²) >= 11 is 0. The lowest BCUT2D eigenvalue weighted by Crippen LogP contribution is -2.19. The molecule has 0 saturated heterocycles. The predicted molar refractivity (Wildman–Crippen MR) is 87.6 cm³/mol. The molecule has 0 unspecified atom stereocenters. The fourth-order valence-electron chi connectivity index (χ4n) is 2.47. The molecule has 1 heterocycles. The number of rotatable bonds is 4. The zero-order valence-corrected chi connectivity index (χ0v) is 12.4. The molecule has 0 amide bonds. The molecule has 0 atom stereocenters. The number of nitrogens with two attached hydrogens (primary N) is 1. The molecule has 5 heteroatoms. The van der Waals surface area contributed by atoms with Crippen LogP contribution in [0.25, 0.3) is 11.1 Å². The van der Waals surface area contributed by atoms with Crippen molar-refractivity contribution in [3.05, 3.63) is 70.4 Å². The third-order valence-corrected chi connectivity index (χ3v) is 3.74. The summed E-state index contributed by atoms with van der Waals surface area (Å²) in [5.41, 5.74) is 10.8. The number of benzene rings is 2. The zero-order valence-electron chi connectivity index (χ0n) is 12.4. The Morgan fingerprint density at radius 2 is 1.95 bits per heavy atom. The van der Waals surface area contributed by atoms with Crippen LogP contribution >= 0.6 is 0 Å². The fourth-order valence-corrected chi connectivity index (χ4v) is 2.47. The van der Waals surface area contributed by atoms with Gasteiger partial charge in [0.15, 0.2) is 0 Å². The van der Waals surface area contributed by atoms with E-state index in [2.05, 4.69) is 35.2 Å². The number of aromatic amines is 1. The number of nitrogens with one attached hydrogen (secondary N) is 1. The van der Waals surface area contributed by atoms with Crippen LogP contribution < -0.4 is 11.4 Å². The van der Waals surface area contributed by atoms with E-state index in [4.69, 9.17) is 5.73 Å². The zero-order chi connectivity index (χ0) is 15.5. The van der Waals surface area contributed by atoms with E-state index in [1.165, 1.54) is 16.6 Å². The maximum absolute atomic E-state index is 11.7.